The molecule has 1 rings (SSSR count). The third kappa shape index (κ3) is 3.32. The largest absolute Gasteiger partial charge is 0.315 e. The number of hydrogen-bond donors (Lipinski definition) is 2. The van der Waals surface area contributed by atoms with Crippen LogP contribution >= 0.6 is 0 Å². The Morgan fingerprint density at radius 3 is 2.50 bits per heavy atom. The molecule has 0 amide bonds. The molecule has 2 nitrogen and oxygen atoms in total. The van der Waals surface area contributed by atoms with E-state index < -0.39 is 0 Å². The van der Waals surface area contributed by atoms with Crippen LogP contribution in [0, 0.1) is 17.8 Å². The molecule has 1 aliphatic carbocycles. The van der Waals surface area contributed by atoms with Gasteiger partial charge >= 0.3 is 0 Å². The van der Waals surface area contributed by atoms with Crippen molar-refractivity contribution in [1.82, 2.24) is 10.6 Å². The lowest BCUT2D eigenvalue weighted by Gasteiger charge is -2.41. The summed E-state index contributed by atoms with van der Waals surface area (Å²) < 4.78 is 0. The molecule has 0 bridgehead atoms. The number of hydrogen-bond acceptors (Lipinski definition) is 2. The summed E-state index contributed by atoms with van der Waals surface area (Å²) in [4.78, 5) is 0. The van der Waals surface area contributed by atoms with Crippen LogP contribution in [0.25, 0.3) is 0 Å². The average Bonchev–Trinajstić information content (AvgIpc) is 2.15. The van der Waals surface area contributed by atoms with Gasteiger partial charge in [-0.05, 0) is 24.7 Å². The Hall–Kier alpha value is -0.520. The zero-order valence-corrected chi connectivity index (χ0v) is 9.23. The molecule has 0 radical (unpaired) electrons. The lowest BCUT2D eigenvalue weighted by molar-refractivity contribution is 0.124. The van der Waals surface area contributed by atoms with Gasteiger partial charge in [-0.25, -0.2) is 0 Å². The molecule has 0 aliphatic heterocycles. The Morgan fingerprint density at radius 1 is 1.29 bits per heavy atom. The molecule has 80 valence electrons. The quantitative estimate of drug-likeness (QED) is 0.472. The van der Waals surface area contributed by atoms with Crippen molar-refractivity contribution < 1.29 is 0 Å². The summed E-state index contributed by atoms with van der Waals surface area (Å²) in [6, 6.07) is 0. The summed E-state index contributed by atoms with van der Waals surface area (Å²) in [5, 5.41) is 6.68. The van der Waals surface area contributed by atoms with Crippen LogP contribution < -0.4 is 10.6 Å². The van der Waals surface area contributed by atoms with Crippen molar-refractivity contribution in [2.75, 3.05) is 26.2 Å². The highest BCUT2D eigenvalue weighted by Gasteiger charge is 2.34. The van der Waals surface area contributed by atoms with Gasteiger partial charge in [0.25, 0.3) is 0 Å². The Kier molecular flexibility index (Phi) is 5.00. The SMILES string of the molecule is C#CCNCCNCC1(CC)CCC1. The molecule has 0 aromatic heterocycles. The summed E-state index contributed by atoms with van der Waals surface area (Å²) in [6.07, 6.45) is 10.7. The summed E-state index contributed by atoms with van der Waals surface area (Å²) in [7, 11) is 0. The van der Waals surface area contributed by atoms with Crippen molar-refractivity contribution in [2.24, 2.45) is 5.41 Å². The van der Waals surface area contributed by atoms with Gasteiger partial charge < -0.3 is 10.6 Å². The Bertz CT molecular complexity index is 183. The van der Waals surface area contributed by atoms with Crippen LogP contribution in [-0.2, 0) is 0 Å². The summed E-state index contributed by atoms with van der Waals surface area (Å²) in [5.41, 5.74) is 0.631. The third-order valence-corrected chi connectivity index (χ3v) is 3.37. The second kappa shape index (κ2) is 6.06. The lowest BCUT2D eigenvalue weighted by Crippen LogP contribution is -2.41. The van der Waals surface area contributed by atoms with E-state index in [9.17, 15) is 0 Å². The van der Waals surface area contributed by atoms with E-state index >= 15 is 0 Å². The van der Waals surface area contributed by atoms with Crippen LogP contribution in [0.2, 0.25) is 0 Å². The Labute approximate surface area is 87.8 Å². The molecule has 0 heterocycles. The molecule has 2 heteroatoms. The van der Waals surface area contributed by atoms with Gasteiger partial charge in [-0.3, -0.25) is 0 Å². The lowest BCUT2D eigenvalue weighted by atomic mass is 9.67. The molecular formula is C12H22N2. The molecule has 1 fully saturated rings. The molecule has 0 aromatic rings. The second-order valence-corrected chi connectivity index (χ2v) is 4.26. The van der Waals surface area contributed by atoms with Crippen LogP contribution in [0.5, 0.6) is 0 Å². The van der Waals surface area contributed by atoms with Crippen molar-refractivity contribution in [3.8, 4) is 12.3 Å². The van der Waals surface area contributed by atoms with E-state index in [1.54, 1.807) is 0 Å². The van der Waals surface area contributed by atoms with Crippen molar-refractivity contribution in [3.63, 3.8) is 0 Å². The third-order valence-electron chi connectivity index (χ3n) is 3.37. The number of rotatable bonds is 7. The first kappa shape index (κ1) is 11.6. The van der Waals surface area contributed by atoms with E-state index in [1.165, 1.54) is 32.2 Å². The number of nitrogens with one attached hydrogen (secondary N) is 2. The minimum Gasteiger partial charge on any atom is -0.315 e. The predicted octanol–water partition coefficient (Wildman–Crippen LogP) is 1.38. The fourth-order valence-electron chi connectivity index (χ4n) is 2.02. The van der Waals surface area contributed by atoms with Crippen molar-refractivity contribution >= 4 is 0 Å². The highest BCUT2D eigenvalue weighted by atomic mass is 14.9. The number of terminal acetylenes is 1. The van der Waals surface area contributed by atoms with Gasteiger partial charge in [-0.1, -0.05) is 19.3 Å². The van der Waals surface area contributed by atoms with E-state index in [0.717, 1.165) is 13.1 Å². The highest BCUT2D eigenvalue weighted by molar-refractivity contribution is 4.89. The van der Waals surface area contributed by atoms with E-state index in [2.05, 4.69) is 23.5 Å². The Morgan fingerprint density at radius 2 is 2.00 bits per heavy atom. The first-order valence-corrected chi connectivity index (χ1v) is 5.68. The van der Waals surface area contributed by atoms with Gasteiger partial charge in [-0.2, -0.15) is 0 Å². The van der Waals surface area contributed by atoms with Gasteiger partial charge in [0.15, 0.2) is 0 Å². The summed E-state index contributed by atoms with van der Waals surface area (Å²) in [5.74, 6) is 2.57. The molecule has 0 unspecified atom stereocenters. The normalized spacial score (nSPS) is 18.6. The maximum Gasteiger partial charge on any atom is 0.0574 e. The smallest absolute Gasteiger partial charge is 0.0574 e. The zero-order chi connectivity index (χ0) is 10.3. The molecule has 1 saturated carbocycles. The van der Waals surface area contributed by atoms with Gasteiger partial charge in [0.05, 0.1) is 6.54 Å². The molecular weight excluding hydrogens is 172 g/mol. The molecule has 2 N–H and O–H groups in total. The van der Waals surface area contributed by atoms with Crippen LogP contribution in [-0.4, -0.2) is 26.2 Å². The molecule has 1 aliphatic rings. The summed E-state index contributed by atoms with van der Waals surface area (Å²) >= 11 is 0. The predicted molar refractivity (Wildman–Crippen MR) is 61.1 cm³/mol. The maximum absolute atomic E-state index is 5.13. The van der Waals surface area contributed by atoms with Crippen molar-refractivity contribution in [1.29, 1.82) is 0 Å². The molecule has 0 aromatic carbocycles. The zero-order valence-electron chi connectivity index (χ0n) is 9.23. The van der Waals surface area contributed by atoms with E-state index in [-0.39, 0.29) is 0 Å². The van der Waals surface area contributed by atoms with E-state index in [0.29, 0.717) is 12.0 Å². The van der Waals surface area contributed by atoms with Gasteiger partial charge in [0.2, 0.25) is 0 Å². The standard InChI is InChI=1S/C12H22N2/c1-3-8-13-9-10-14-11-12(4-2)6-5-7-12/h1,13-14H,4-11H2,2H3. The van der Waals surface area contributed by atoms with Crippen LogP contribution in [0.15, 0.2) is 0 Å². The van der Waals surface area contributed by atoms with E-state index in [4.69, 9.17) is 6.42 Å². The average molecular weight is 194 g/mol. The second-order valence-electron chi connectivity index (χ2n) is 4.26. The first-order valence-electron chi connectivity index (χ1n) is 5.68. The van der Waals surface area contributed by atoms with Crippen LogP contribution in [0.4, 0.5) is 0 Å². The van der Waals surface area contributed by atoms with E-state index in [1.807, 2.05) is 0 Å². The molecule has 0 spiro atoms. The fourth-order valence-corrected chi connectivity index (χ4v) is 2.02. The minimum absolute atomic E-state index is 0.631. The molecule has 14 heavy (non-hydrogen) atoms. The van der Waals surface area contributed by atoms with Gasteiger partial charge in [-0.15, -0.1) is 6.42 Å². The topological polar surface area (TPSA) is 24.1 Å². The van der Waals surface area contributed by atoms with Crippen LogP contribution in [0.1, 0.15) is 32.6 Å². The maximum atomic E-state index is 5.13. The van der Waals surface area contributed by atoms with Gasteiger partial charge in [0, 0.05) is 19.6 Å². The van der Waals surface area contributed by atoms with Gasteiger partial charge in [0.1, 0.15) is 0 Å². The summed E-state index contributed by atoms with van der Waals surface area (Å²) in [6.45, 7) is 6.17. The molecule has 0 atom stereocenters. The Balaban J connectivity index is 1.95. The highest BCUT2D eigenvalue weighted by Crippen LogP contribution is 2.42. The van der Waals surface area contributed by atoms with Crippen LogP contribution in [0.3, 0.4) is 0 Å². The fraction of sp³-hybridized carbons (Fsp3) is 0.833. The van der Waals surface area contributed by atoms with Crippen molar-refractivity contribution in [2.45, 2.75) is 32.6 Å². The monoisotopic (exact) mass is 194 g/mol. The first-order chi connectivity index (χ1) is 6.83. The minimum atomic E-state index is 0.631. The molecule has 0 saturated heterocycles. The van der Waals surface area contributed by atoms with Crippen molar-refractivity contribution in [3.05, 3.63) is 0 Å².